The summed E-state index contributed by atoms with van der Waals surface area (Å²) >= 11 is 0. The number of ketones is 1. The molecule has 208 valence electrons. The zero-order valence-corrected chi connectivity index (χ0v) is 22.7. The van der Waals surface area contributed by atoms with Crippen molar-refractivity contribution in [1.29, 1.82) is 0 Å². The van der Waals surface area contributed by atoms with Gasteiger partial charge >= 0.3 is 5.97 Å². The van der Waals surface area contributed by atoms with Crippen molar-refractivity contribution < 1.29 is 33.5 Å². The van der Waals surface area contributed by atoms with Crippen LogP contribution in [0.3, 0.4) is 0 Å². The average molecular weight is 532 g/mol. The van der Waals surface area contributed by atoms with E-state index in [0.717, 1.165) is 0 Å². The minimum absolute atomic E-state index is 0.00864. The normalized spacial score (nSPS) is 12.9. The van der Waals surface area contributed by atoms with Gasteiger partial charge in [-0.15, -0.1) is 0 Å². The third-order valence-electron chi connectivity index (χ3n) is 5.69. The number of Topliss-reactive ketones (excluding diaryl/α,β-unsaturated/α-hetero) is 1. The van der Waals surface area contributed by atoms with E-state index in [-0.39, 0.29) is 24.8 Å². The van der Waals surface area contributed by atoms with E-state index in [1.165, 1.54) is 13.4 Å². The van der Waals surface area contributed by atoms with Crippen molar-refractivity contribution in [3.63, 3.8) is 0 Å². The van der Waals surface area contributed by atoms with Gasteiger partial charge in [0.05, 0.1) is 32.5 Å². The van der Waals surface area contributed by atoms with Crippen molar-refractivity contribution in [2.75, 3.05) is 27.2 Å². The van der Waals surface area contributed by atoms with Gasteiger partial charge in [-0.05, 0) is 37.1 Å². The fourth-order valence-corrected chi connectivity index (χ4v) is 4.03. The Labute approximate surface area is 222 Å². The molecule has 0 radical (unpaired) electrons. The average Bonchev–Trinajstić information content (AvgIpc) is 3.36. The first-order valence-corrected chi connectivity index (χ1v) is 12.4. The number of hydrogen-bond acceptors (Lipinski definition) is 9. The number of ether oxygens (including phenoxy) is 1. The maximum atomic E-state index is 13.1. The molecule has 0 aliphatic rings. The van der Waals surface area contributed by atoms with Crippen molar-refractivity contribution in [1.82, 2.24) is 25.7 Å². The van der Waals surface area contributed by atoms with Gasteiger partial charge in [0, 0.05) is 17.7 Å². The minimum Gasteiger partial charge on any atom is -0.496 e. The number of rotatable bonds is 15. The SMILES string of the molecule is COc1ccc(-c2ncno2)cc1CC(=O)NC(C(=O)NC(CC(=O)O)C(=O)CN(C)CC(C)C)C(C)C. The lowest BCUT2D eigenvalue weighted by Gasteiger charge is -2.26. The number of hydrogen-bond donors (Lipinski definition) is 3. The quantitative estimate of drug-likeness (QED) is 0.307. The lowest BCUT2D eigenvalue weighted by Crippen LogP contribution is -2.55. The van der Waals surface area contributed by atoms with E-state index in [0.29, 0.717) is 29.3 Å². The second kappa shape index (κ2) is 14.2. The third kappa shape index (κ3) is 9.25. The molecule has 2 amide bonds. The van der Waals surface area contributed by atoms with Crippen LogP contribution in [0.2, 0.25) is 0 Å². The Morgan fingerprint density at radius 1 is 1.13 bits per heavy atom. The molecular weight excluding hydrogens is 494 g/mol. The number of carboxylic acid groups (broad SMARTS) is 1. The first-order valence-electron chi connectivity index (χ1n) is 12.4. The van der Waals surface area contributed by atoms with Crippen LogP contribution in [0.4, 0.5) is 0 Å². The highest BCUT2D eigenvalue weighted by molar-refractivity contribution is 5.95. The molecule has 0 saturated heterocycles. The van der Waals surface area contributed by atoms with Crippen LogP contribution in [0.15, 0.2) is 29.0 Å². The summed E-state index contributed by atoms with van der Waals surface area (Å²) in [5.41, 5.74) is 1.14. The third-order valence-corrected chi connectivity index (χ3v) is 5.69. The molecule has 2 rings (SSSR count). The van der Waals surface area contributed by atoms with Gasteiger partial charge in [-0.2, -0.15) is 4.98 Å². The van der Waals surface area contributed by atoms with Crippen molar-refractivity contribution in [2.24, 2.45) is 11.8 Å². The smallest absolute Gasteiger partial charge is 0.305 e. The molecule has 12 heteroatoms. The van der Waals surface area contributed by atoms with Crippen molar-refractivity contribution in [3.8, 4) is 17.2 Å². The van der Waals surface area contributed by atoms with Crippen molar-refractivity contribution >= 4 is 23.6 Å². The number of benzene rings is 1. The fourth-order valence-electron chi connectivity index (χ4n) is 4.03. The van der Waals surface area contributed by atoms with E-state index >= 15 is 0 Å². The molecule has 2 unspecified atom stereocenters. The molecule has 0 aliphatic carbocycles. The van der Waals surface area contributed by atoms with Crippen LogP contribution in [-0.4, -0.2) is 83.0 Å². The number of nitrogens with zero attached hydrogens (tertiary/aromatic N) is 3. The van der Waals surface area contributed by atoms with Crippen molar-refractivity contribution in [3.05, 3.63) is 30.1 Å². The Morgan fingerprint density at radius 2 is 1.84 bits per heavy atom. The lowest BCUT2D eigenvalue weighted by molar-refractivity contribution is -0.141. The van der Waals surface area contributed by atoms with Crippen LogP contribution in [0.25, 0.3) is 11.5 Å². The second-order valence-electron chi connectivity index (χ2n) is 9.95. The number of amides is 2. The number of nitrogens with one attached hydrogen (secondary N) is 2. The van der Waals surface area contributed by atoms with Gasteiger partial charge in [0.25, 0.3) is 5.89 Å². The molecule has 0 aliphatic heterocycles. The summed E-state index contributed by atoms with van der Waals surface area (Å²) in [7, 11) is 3.24. The van der Waals surface area contributed by atoms with Gasteiger partial charge < -0.3 is 25.0 Å². The zero-order chi connectivity index (χ0) is 28.4. The number of carbonyl (C=O) groups excluding carboxylic acids is 3. The van der Waals surface area contributed by atoms with E-state index in [9.17, 15) is 24.3 Å². The summed E-state index contributed by atoms with van der Waals surface area (Å²) in [4.78, 5) is 56.1. The first kappa shape index (κ1) is 30.4. The van der Waals surface area contributed by atoms with Gasteiger partial charge in [0.15, 0.2) is 12.1 Å². The molecule has 0 fully saturated rings. The number of methoxy groups -OCH3 is 1. The molecule has 0 bridgehead atoms. The van der Waals surface area contributed by atoms with Crippen molar-refractivity contribution in [2.45, 2.75) is 52.6 Å². The molecule has 0 spiro atoms. The van der Waals surface area contributed by atoms with Crippen LogP contribution in [-0.2, 0) is 25.6 Å². The molecule has 1 aromatic carbocycles. The molecule has 12 nitrogen and oxygen atoms in total. The Bertz CT molecular complexity index is 1100. The summed E-state index contributed by atoms with van der Waals surface area (Å²) in [6, 6.07) is 2.86. The highest BCUT2D eigenvalue weighted by atomic mass is 16.5. The molecule has 0 saturated carbocycles. The van der Waals surface area contributed by atoms with Gasteiger partial charge in [-0.3, -0.25) is 24.1 Å². The van der Waals surface area contributed by atoms with Gasteiger partial charge in [-0.1, -0.05) is 32.9 Å². The summed E-state index contributed by atoms with van der Waals surface area (Å²) in [5.74, 6) is -2.01. The molecule has 1 heterocycles. The fraction of sp³-hybridized carbons (Fsp3) is 0.538. The standard InChI is InChI=1S/C26H37N5O7/c1-15(2)12-31(5)13-20(32)19(11-23(34)35)29-25(36)24(16(3)4)30-22(33)10-18-9-17(7-8-21(18)37-6)26-27-14-28-38-26/h7-9,14-16,19,24H,10-13H2,1-6H3,(H,29,36)(H,30,33)(H,34,35). The van der Waals surface area contributed by atoms with Crippen LogP contribution in [0.1, 0.15) is 39.7 Å². The Morgan fingerprint density at radius 3 is 2.39 bits per heavy atom. The van der Waals surface area contributed by atoms with E-state index in [1.54, 1.807) is 44.0 Å². The predicted molar refractivity (Wildman–Crippen MR) is 138 cm³/mol. The Hall–Kier alpha value is -3.80. The number of aromatic nitrogens is 2. The molecule has 3 N–H and O–H groups in total. The van der Waals surface area contributed by atoms with E-state index in [2.05, 4.69) is 20.8 Å². The Balaban J connectivity index is 2.14. The van der Waals surface area contributed by atoms with E-state index < -0.39 is 42.1 Å². The summed E-state index contributed by atoms with van der Waals surface area (Å²) in [6.07, 6.45) is 0.597. The van der Waals surface area contributed by atoms with Crippen LogP contribution in [0, 0.1) is 11.8 Å². The van der Waals surface area contributed by atoms with Gasteiger partial charge in [-0.25, -0.2) is 0 Å². The molecular formula is C26H37N5O7. The molecule has 2 aromatic rings. The highest BCUT2D eigenvalue weighted by Gasteiger charge is 2.30. The number of carboxylic acids is 1. The minimum atomic E-state index is -1.22. The maximum Gasteiger partial charge on any atom is 0.305 e. The lowest BCUT2D eigenvalue weighted by atomic mass is 10.0. The Kier molecular flexibility index (Phi) is 11.4. The van der Waals surface area contributed by atoms with E-state index in [1.807, 2.05) is 13.8 Å². The topological polar surface area (TPSA) is 164 Å². The number of aliphatic carboxylic acids is 1. The summed E-state index contributed by atoms with van der Waals surface area (Å²) < 4.78 is 10.4. The highest BCUT2D eigenvalue weighted by Crippen LogP contribution is 2.26. The summed E-state index contributed by atoms with van der Waals surface area (Å²) in [6.45, 7) is 8.12. The largest absolute Gasteiger partial charge is 0.496 e. The molecule has 38 heavy (non-hydrogen) atoms. The maximum absolute atomic E-state index is 13.1. The number of carbonyl (C=O) groups is 4. The first-order chi connectivity index (χ1) is 17.9. The molecule has 2 atom stereocenters. The predicted octanol–water partition coefficient (Wildman–Crippen LogP) is 1.54. The van der Waals surface area contributed by atoms with Gasteiger partial charge in [0.2, 0.25) is 11.8 Å². The monoisotopic (exact) mass is 531 g/mol. The van der Waals surface area contributed by atoms with Crippen LogP contribution < -0.4 is 15.4 Å². The van der Waals surface area contributed by atoms with Crippen LogP contribution >= 0.6 is 0 Å². The van der Waals surface area contributed by atoms with E-state index in [4.69, 9.17) is 9.26 Å². The second-order valence-corrected chi connectivity index (χ2v) is 9.95. The molecule has 1 aromatic heterocycles. The summed E-state index contributed by atoms with van der Waals surface area (Å²) in [5, 5.41) is 18.1. The van der Waals surface area contributed by atoms with Crippen LogP contribution in [0.5, 0.6) is 5.75 Å². The van der Waals surface area contributed by atoms with Gasteiger partial charge in [0.1, 0.15) is 11.8 Å². The number of likely N-dealkylation sites (N-methyl/N-ethyl adjacent to an activating group) is 1. The zero-order valence-electron chi connectivity index (χ0n) is 22.7.